The number of rotatable bonds is 6. The molecule has 31 heavy (non-hydrogen) atoms. The van der Waals surface area contributed by atoms with Crippen molar-refractivity contribution >= 4 is 27.6 Å². The molecule has 8 heteroatoms. The van der Waals surface area contributed by atoms with Crippen LogP contribution >= 0.6 is 15.9 Å². The van der Waals surface area contributed by atoms with Crippen LogP contribution in [-0.2, 0) is 0 Å². The maximum atomic E-state index is 13.2. The van der Waals surface area contributed by atoms with E-state index in [1.807, 2.05) is 24.3 Å². The topological polar surface area (TPSA) is 91.2 Å². The Morgan fingerprint density at radius 3 is 2.84 bits per heavy atom. The Morgan fingerprint density at radius 2 is 2.10 bits per heavy atom. The summed E-state index contributed by atoms with van der Waals surface area (Å²) >= 11 is 3.41. The Morgan fingerprint density at radius 1 is 1.32 bits per heavy atom. The highest BCUT2D eigenvalue weighted by Crippen LogP contribution is 2.28. The third kappa shape index (κ3) is 4.65. The van der Waals surface area contributed by atoms with Gasteiger partial charge >= 0.3 is 0 Å². The van der Waals surface area contributed by atoms with Gasteiger partial charge in [-0.05, 0) is 51.1 Å². The Kier molecular flexibility index (Phi) is 6.38. The van der Waals surface area contributed by atoms with Crippen molar-refractivity contribution in [2.45, 2.75) is 32.7 Å². The number of aromatic nitrogens is 2. The first-order chi connectivity index (χ1) is 15.0. The van der Waals surface area contributed by atoms with E-state index >= 15 is 0 Å². The number of ketones is 1. The molecular formula is C23H25BrN4O3. The van der Waals surface area contributed by atoms with Gasteiger partial charge in [0.15, 0.2) is 5.78 Å². The maximum Gasteiger partial charge on any atom is 0.267 e. The van der Waals surface area contributed by atoms with E-state index in [1.54, 1.807) is 19.2 Å². The highest BCUT2D eigenvalue weighted by molar-refractivity contribution is 9.10. The van der Waals surface area contributed by atoms with E-state index in [9.17, 15) is 9.59 Å². The Labute approximate surface area is 189 Å². The molecule has 7 nitrogen and oxygen atoms in total. The van der Waals surface area contributed by atoms with E-state index in [1.165, 1.54) is 0 Å². The molecule has 1 aliphatic heterocycles. The van der Waals surface area contributed by atoms with E-state index in [0.29, 0.717) is 28.3 Å². The molecule has 2 aromatic heterocycles. The van der Waals surface area contributed by atoms with Crippen molar-refractivity contribution in [3.05, 3.63) is 63.6 Å². The van der Waals surface area contributed by atoms with Crippen LogP contribution in [0.4, 0.5) is 0 Å². The summed E-state index contributed by atoms with van der Waals surface area (Å²) in [5.41, 5.74) is 2.45. The van der Waals surface area contributed by atoms with E-state index in [2.05, 4.69) is 43.2 Å². The lowest BCUT2D eigenvalue weighted by Crippen LogP contribution is -2.47. The first-order valence-electron chi connectivity index (χ1n) is 10.4. The molecule has 1 amide bonds. The number of halogens is 1. The first kappa shape index (κ1) is 21.5. The van der Waals surface area contributed by atoms with Crippen LogP contribution in [0.2, 0.25) is 0 Å². The van der Waals surface area contributed by atoms with E-state index in [4.69, 9.17) is 4.52 Å². The summed E-state index contributed by atoms with van der Waals surface area (Å²) in [4.78, 5) is 31.2. The highest BCUT2D eigenvalue weighted by Gasteiger charge is 2.25. The minimum atomic E-state index is -0.234. The SMILES string of the molecule is CCN1CCCC(NC(=O)c2cc(C(=O)c3c(-c4ccc(Br)cc4)noc3C)c[nH]2)C1. The van der Waals surface area contributed by atoms with Gasteiger partial charge in [0.1, 0.15) is 17.1 Å². The minimum absolute atomic E-state index is 0.118. The third-order valence-electron chi connectivity index (χ3n) is 5.69. The Hall–Kier alpha value is -2.71. The van der Waals surface area contributed by atoms with Gasteiger partial charge in [0.25, 0.3) is 5.91 Å². The van der Waals surface area contributed by atoms with Crippen molar-refractivity contribution in [1.82, 2.24) is 20.4 Å². The van der Waals surface area contributed by atoms with Crippen LogP contribution in [0.3, 0.4) is 0 Å². The fourth-order valence-electron chi connectivity index (χ4n) is 3.97. The molecule has 0 spiro atoms. The molecule has 1 saturated heterocycles. The Bertz CT molecular complexity index is 1090. The van der Waals surface area contributed by atoms with Gasteiger partial charge in [-0.25, -0.2) is 0 Å². The number of aromatic amines is 1. The molecule has 0 saturated carbocycles. The number of hydrogen-bond acceptors (Lipinski definition) is 5. The lowest BCUT2D eigenvalue weighted by Gasteiger charge is -2.32. The summed E-state index contributed by atoms with van der Waals surface area (Å²) in [5.74, 6) is 0.0101. The van der Waals surface area contributed by atoms with Gasteiger partial charge in [-0.1, -0.05) is 40.1 Å². The number of benzene rings is 1. The zero-order valence-electron chi connectivity index (χ0n) is 17.6. The largest absolute Gasteiger partial charge is 0.360 e. The first-order valence-corrected chi connectivity index (χ1v) is 11.2. The molecule has 0 bridgehead atoms. The van der Waals surface area contributed by atoms with Gasteiger partial charge in [-0.2, -0.15) is 0 Å². The number of carbonyl (C=O) groups excluding carboxylic acids is 2. The molecule has 0 aliphatic carbocycles. The molecule has 1 aromatic carbocycles. The van der Waals surface area contributed by atoms with Crippen molar-refractivity contribution in [3.63, 3.8) is 0 Å². The van der Waals surface area contributed by atoms with Crippen LogP contribution in [0.1, 0.15) is 51.9 Å². The summed E-state index contributed by atoms with van der Waals surface area (Å²) in [6, 6.07) is 9.23. The predicted molar refractivity (Wildman–Crippen MR) is 121 cm³/mol. The van der Waals surface area contributed by atoms with Gasteiger partial charge in [0.05, 0.1) is 5.56 Å². The molecular weight excluding hydrogens is 460 g/mol. The van der Waals surface area contributed by atoms with Crippen LogP contribution in [0.15, 0.2) is 45.5 Å². The van der Waals surface area contributed by atoms with Crippen LogP contribution in [0.5, 0.6) is 0 Å². The number of nitrogens with zero attached hydrogens (tertiary/aromatic N) is 2. The van der Waals surface area contributed by atoms with E-state index in [0.717, 1.165) is 42.5 Å². The smallest absolute Gasteiger partial charge is 0.267 e. The average molecular weight is 485 g/mol. The molecule has 1 fully saturated rings. The number of hydrogen-bond donors (Lipinski definition) is 2. The van der Waals surface area contributed by atoms with Crippen LogP contribution in [0, 0.1) is 6.92 Å². The van der Waals surface area contributed by atoms with Crippen molar-refractivity contribution in [3.8, 4) is 11.3 Å². The van der Waals surface area contributed by atoms with E-state index in [-0.39, 0.29) is 17.7 Å². The second kappa shape index (κ2) is 9.20. The zero-order valence-corrected chi connectivity index (χ0v) is 19.2. The molecule has 162 valence electrons. The molecule has 3 aromatic rings. The van der Waals surface area contributed by atoms with Crippen molar-refractivity contribution in [2.75, 3.05) is 19.6 Å². The number of H-pyrrole nitrogens is 1. The lowest BCUT2D eigenvalue weighted by molar-refractivity contribution is 0.0901. The normalized spacial score (nSPS) is 16.9. The molecule has 1 unspecified atom stereocenters. The standard InChI is InChI=1S/C23H25BrN4O3/c1-3-28-10-4-5-18(13-28)26-23(30)19-11-16(12-25-19)22(29)20-14(2)31-27-21(20)15-6-8-17(24)9-7-15/h6-9,11-12,18,25H,3-5,10,13H2,1-2H3,(H,26,30). The van der Waals surface area contributed by atoms with Crippen LogP contribution in [0.25, 0.3) is 11.3 Å². The maximum absolute atomic E-state index is 13.2. The molecule has 2 N–H and O–H groups in total. The number of amides is 1. The molecule has 4 rings (SSSR count). The number of carbonyl (C=O) groups is 2. The van der Waals surface area contributed by atoms with Crippen LogP contribution in [-0.4, -0.2) is 52.4 Å². The summed E-state index contributed by atoms with van der Waals surface area (Å²) in [5, 5.41) is 7.17. The summed E-state index contributed by atoms with van der Waals surface area (Å²) < 4.78 is 6.26. The summed E-state index contributed by atoms with van der Waals surface area (Å²) in [6.45, 7) is 6.74. The van der Waals surface area contributed by atoms with Gasteiger partial charge in [0.2, 0.25) is 0 Å². The van der Waals surface area contributed by atoms with Crippen molar-refractivity contribution < 1.29 is 14.1 Å². The minimum Gasteiger partial charge on any atom is -0.360 e. The zero-order chi connectivity index (χ0) is 22.0. The number of aryl methyl sites for hydroxylation is 1. The third-order valence-corrected chi connectivity index (χ3v) is 6.21. The number of piperidine rings is 1. The summed E-state index contributed by atoms with van der Waals surface area (Å²) in [6.07, 6.45) is 3.60. The fourth-order valence-corrected chi connectivity index (χ4v) is 4.23. The molecule has 3 heterocycles. The van der Waals surface area contributed by atoms with E-state index < -0.39 is 0 Å². The second-order valence-corrected chi connectivity index (χ2v) is 8.72. The monoisotopic (exact) mass is 484 g/mol. The van der Waals surface area contributed by atoms with Crippen molar-refractivity contribution in [1.29, 1.82) is 0 Å². The van der Waals surface area contributed by atoms with Crippen molar-refractivity contribution in [2.24, 2.45) is 0 Å². The number of likely N-dealkylation sites (N-methyl/N-ethyl adjacent to an activating group) is 1. The van der Waals surface area contributed by atoms with Gasteiger partial charge in [-0.3, -0.25) is 9.59 Å². The molecule has 1 atom stereocenters. The molecule has 0 radical (unpaired) electrons. The number of likely N-dealkylation sites (tertiary alicyclic amines) is 1. The summed E-state index contributed by atoms with van der Waals surface area (Å²) in [7, 11) is 0. The quantitative estimate of drug-likeness (QED) is 0.511. The van der Waals surface area contributed by atoms with Crippen LogP contribution < -0.4 is 5.32 Å². The van der Waals surface area contributed by atoms with Gasteiger partial charge in [0, 0.05) is 34.4 Å². The van der Waals surface area contributed by atoms with Gasteiger partial charge < -0.3 is 19.7 Å². The fraction of sp³-hybridized carbons (Fsp3) is 0.348. The average Bonchev–Trinajstić information content (AvgIpc) is 3.41. The lowest BCUT2D eigenvalue weighted by atomic mass is 9.99. The van der Waals surface area contributed by atoms with Gasteiger partial charge in [-0.15, -0.1) is 0 Å². The second-order valence-electron chi connectivity index (χ2n) is 7.81. The molecule has 1 aliphatic rings. The Balaban J connectivity index is 1.52. The number of nitrogens with one attached hydrogen (secondary N) is 2. The highest BCUT2D eigenvalue weighted by atomic mass is 79.9. The predicted octanol–water partition coefficient (Wildman–Crippen LogP) is 4.19.